The van der Waals surface area contributed by atoms with Crippen LogP contribution in [-0.4, -0.2) is 42.8 Å². The Kier molecular flexibility index (Phi) is 6.53. The lowest BCUT2D eigenvalue weighted by molar-refractivity contribution is 0.0512. The number of hydrogen-bond acceptors (Lipinski definition) is 3. The Labute approximate surface area is 106 Å². The molecule has 0 aromatic heterocycles. The van der Waals surface area contributed by atoms with Crippen LogP contribution in [-0.2, 0) is 4.74 Å². The maximum absolute atomic E-state index is 11.5. The molecule has 0 fully saturated rings. The SMILES string of the molecule is CC(C)CN(C)C(C)CNC(=O)OC(C)(C)C. The molecule has 0 saturated carbocycles. The van der Waals surface area contributed by atoms with E-state index in [0.717, 1.165) is 6.54 Å². The molecule has 1 N–H and O–H groups in total. The van der Waals surface area contributed by atoms with Crippen molar-refractivity contribution in [2.75, 3.05) is 20.1 Å². The first-order chi connectivity index (χ1) is 7.61. The maximum Gasteiger partial charge on any atom is 0.407 e. The monoisotopic (exact) mass is 244 g/mol. The Morgan fingerprint density at radius 3 is 2.24 bits per heavy atom. The molecule has 1 atom stereocenters. The Morgan fingerprint density at radius 2 is 1.82 bits per heavy atom. The minimum atomic E-state index is -0.433. The predicted molar refractivity (Wildman–Crippen MR) is 71.2 cm³/mol. The molecular formula is C13H28N2O2. The van der Waals surface area contributed by atoms with Crippen molar-refractivity contribution >= 4 is 6.09 Å². The molecule has 4 heteroatoms. The van der Waals surface area contributed by atoms with Crippen LogP contribution in [0.1, 0.15) is 41.5 Å². The van der Waals surface area contributed by atoms with Gasteiger partial charge in [-0.1, -0.05) is 13.8 Å². The molecule has 0 heterocycles. The molecule has 0 saturated heterocycles. The van der Waals surface area contributed by atoms with Gasteiger partial charge >= 0.3 is 6.09 Å². The number of ether oxygens (including phenoxy) is 1. The number of nitrogens with one attached hydrogen (secondary N) is 1. The first kappa shape index (κ1) is 16.2. The summed E-state index contributed by atoms with van der Waals surface area (Å²) in [6.45, 7) is 13.7. The van der Waals surface area contributed by atoms with Crippen LogP contribution in [0.2, 0.25) is 0 Å². The summed E-state index contributed by atoms with van der Waals surface area (Å²) in [6, 6.07) is 0.310. The molecule has 1 unspecified atom stereocenters. The molecule has 0 spiro atoms. The van der Waals surface area contributed by atoms with E-state index in [2.05, 4.69) is 38.0 Å². The lowest BCUT2D eigenvalue weighted by Crippen LogP contribution is -2.43. The van der Waals surface area contributed by atoms with Crippen molar-refractivity contribution in [2.24, 2.45) is 5.92 Å². The van der Waals surface area contributed by atoms with E-state index < -0.39 is 5.60 Å². The number of carbonyl (C=O) groups excluding carboxylic acids is 1. The Morgan fingerprint density at radius 1 is 1.29 bits per heavy atom. The van der Waals surface area contributed by atoms with Crippen LogP contribution in [0.3, 0.4) is 0 Å². The van der Waals surface area contributed by atoms with Gasteiger partial charge in [-0.2, -0.15) is 0 Å². The summed E-state index contributed by atoms with van der Waals surface area (Å²) in [5, 5.41) is 2.79. The number of alkyl carbamates (subject to hydrolysis) is 1. The normalized spacial score (nSPS) is 13.9. The zero-order valence-electron chi connectivity index (χ0n) is 12.3. The summed E-state index contributed by atoms with van der Waals surface area (Å²) < 4.78 is 5.18. The van der Waals surface area contributed by atoms with E-state index in [-0.39, 0.29) is 6.09 Å². The third-order valence-electron chi connectivity index (χ3n) is 2.35. The molecule has 102 valence electrons. The third kappa shape index (κ3) is 8.98. The topological polar surface area (TPSA) is 41.6 Å². The molecule has 0 aliphatic heterocycles. The fourth-order valence-corrected chi connectivity index (χ4v) is 1.46. The van der Waals surface area contributed by atoms with Gasteiger partial charge < -0.3 is 15.0 Å². The number of likely N-dealkylation sites (N-methyl/N-ethyl adjacent to an activating group) is 1. The van der Waals surface area contributed by atoms with Gasteiger partial charge in [0.2, 0.25) is 0 Å². The average Bonchev–Trinajstić information content (AvgIpc) is 2.10. The Hall–Kier alpha value is -0.770. The lowest BCUT2D eigenvalue weighted by atomic mass is 10.2. The summed E-state index contributed by atoms with van der Waals surface area (Å²) in [5.41, 5.74) is -0.433. The van der Waals surface area contributed by atoms with Crippen molar-refractivity contribution in [3.63, 3.8) is 0 Å². The van der Waals surface area contributed by atoms with Gasteiger partial charge in [0.1, 0.15) is 5.60 Å². The molecule has 0 radical (unpaired) electrons. The zero-order valence-corrected chi connectivity index (χ0v) is 12.3. The van der Waals surface area contributed by atoms with Crippen LogP contribution >= 0.6 is 0 Å². The highest BCUT2D eigenvalue weighted by atomic mass is 16.6. The highest BCUT2D eigenvalue weighted by Gasteiger charge is 2.17. The van der Waals surface area contributed by atoms with Crippen LogP contribution in [0.5, 0.6) is 0 Å². The molecule has 0 aromatic carbocycles. The Bertz CT molecular complexity index is 234. The summed E-state index contributed by atoms with van der Waals surface area (Å²) >= 11 is 0. The molecule has 1 amide bonds. The van der Waals surface area contributed by atoms with Gasteiger partial charge in [-0.3, -0.25) is 0 Å². The first-order valence-corrected chi connectivity index (χ1v) is 6.29. The molecule has 17 heavy (non-hydrogen) atoms. The fourth-order valence-electron chi connectivity index (χ4n) is 1.46. The number of nitrogens with zero attached hydrogens (tertiary/aromatic N) is 1. The number of carbonyl (C=O) groups is 1. The number of rotatable bonds is 5. The predicted octanol–water partition coefficient (Wildman–Crippen LogP) is 2.49. The fraction of sp³-hybridized carbons (Fsp3) is 0.923. The number of amides is 1. The van der Waals surface area contributed by atoms with Crippen molar-refractivity contribution in [2.45, 2.75) is 53.2 Å². The van der Waals surface area contributed by atoms with Gasteiger partial charge in [-0.15, -0.1) is 0 Å². The molecule has 0 rings (SSSR count). The molecule has 0 aliphatic carbocycles. The van der Waals surface area contributed by atoms with Gasteiger partial charge in [-0.05, 0) is 40.7 Å². The van der Waals surface area contributed by atoms with Gasteiger partial charge in [0.15, 0.2) is 0 Å². The summed E-state index contributed by atoms with van der Waals surface area (Å²) in [7, 11) is 2.07. The average molecular weight is 244 g/mol. The molecule has 4 nitrogen and oxygen atoms in total. The van der Waals surface area contributed by atoms with Crippen LogP contribution < -0.4 is 5.32 Å². The lowest BCUT2D eigenvalue weighted by Gasteiger charge is -2.27. The van der Waals surface area contributed by atoms with Crippen LogP contribution in [0.4, 0.5) is 4.79 Å². The van der Waals surface area contributed by atoms with Crippen molar-refractivity contribution in [1.29, 1.82) is 0 Å². The second-order valence-electron chi connectivity index (χ2n) is 6.07. The molecule has 0 aliphatic rings. The first-order valence-electron chi connectivity index (χ1n) is 6.29. The smallest absolute Gasteiger partial charge is 0.407 e. The van der Waals surface area contributed by atoms with Crippen molar-refractivity contribution < 1.29 is 9.53 Å². The molecule has 0 aromatic rings. The van der Waals surface area contributed by atoms with E-state index in [9.17, 15) is 4.79 Å². The highest BCUT2D eigenvalue weighted by molar-refractivity contribution is 5.67. The second kappa shape index (κ2) is 6.84. The van der Waals surface area contributed by atoms with Gasteiger partial charge in [-0.25, -0.2) is 4.79 Å². The molecular weight excluding hydrogens is 216 g/mol. The van der Waals surface area contributed by atoms with Gasteiger partial charge in [0.25, 0.3) is 0 Å². The highest BCUT2D eigenvalue weighted by Crippen LogP contribution is 2.06. The largest absolute Gasteiger partial charge is 0.444 e. The number of hydrogen-bond donors (Lipinski definition) is 1. The summed E-state index contributed by atoms with van der Waals surface area (Å²) in [5.74, 6) is 0.629. The van der Waals surface area contributed by atoms with E-state index in [1.54, 1.807) is 0 Å². The standard InChI is InChI=1S/C13H28N2O2/c1-10(2)9-15(7)11(3)8-14-12(16)17-13(4,5)6/h10-11H,8-9H2,1-7H3,(H,14,16). The second-order valence-corrected chi connectivity index (χ2v) is 6.07. The van der Waals surface area contributed by atoms with Crippen molar-refractivity contribution in [1.82, 2.24) is 10.2 Å². The summed E-state index contributed by atoms with van der Waals surface area (Å²) in [4.78, 5) is 13.7. The van der Waals surface area contributed by atoms with E-state index in [1.807, 2.05) is 20.8 Å². The van der Waals surface area contributed by atoms with E-state index in [4.69, 9.17) is 4.74 Å². The van der Waals surface area contributed by atoms with E-state index in [1.165, 1.54) is 0 Å². The summed E-state index contributed by atoms with van der Waals surface area (Å²) in [6.07, 6.45) is -0.345. The zero-order chi connectivity index (χ0) is 13.6. The van der Waals surface area contributed by atoms with Crippen LogP contribution in [0, 0.1) is 5.92 Å². The van der Waals surface area contributed by atoms with Gasteiger partial charge in [0, 0.05) is 19.1 Å². The maximum atomic E-state index is 11.5. The van der Waals surface area contributed by atoms with Crippen LogP contribution in [0.15, 0.2) is 0 Å². The van der Waals surface area contributed by atoms with Crippen LogP contribution in [0.25, 0.3) is 0 Å². The minimum absolute atomic E-state index is 0.310. The van der Waals surface area contributed by atoms with Gasteiger partial charge in [0.05, 0.1) is 0 Å². The van der Waals surface area contributed by atoms with Crippen molar-refractivity contribution in [3.8, 4) is 0 Å². The quantitative estimate of drug-likeness (QED) is 0.808. The van der Waals surface area contributed by atoms with E-state index in [0.29, 0.717) is 18.5 Å². The third-order valence-corrected chi connectivity index (χ3v) is 2.35. The molecule has 0 bridgehead atoms. The Balaban J connectivity index is 3.91. The minimum Gasteiger partial charge on any atom is -0.444 e. The van der Waals surface area contributed by atoms with Crippen molar-refractivity contribution in [3.05, 3.63) is 0 Å². The van der Waals surface area contributed by atoms with E-state index >= 15 is 0 Å².